The summed E-state index contributed by atoms with van der Waals surface area (Å²) in [5.41, 5.74) is 6.24. The van der Waals surface area contributed by atoms with Crippen LogP contribution in [0.3, 0.4) is 0 Å². The van der Waals surface area contributed by atoms with Crippen molar-refractivity contribution in [1.29, 1.82) is 0 Å². The van der Waals surface area contributed by atoms with Crippen molar-refractivity contribution < 1.29 is 13.5 Å². The Morgan fingerprint density at radius 3 is 2.94 bits per heavy atom. The maximum Gasteiger partial charge on any atom is 0.151 e. The SMILES string of the molecule is Nc1c(F)cc(F)cc1N1CCOC2CCCC21. The second-order valence-electron chi connectivity index (χ2n) is 4.92. The largest absolute Gasteiger partial charge is 0.395 e. The summed E-state index contributed by atoms with van der Waals surface area (Å²) >= 11 is 0. The first-order chi connectivity index (χ1) is 8.66. The third-order valence-corrected chi connectivity index (χ3v) is 3.86. The van der Waals surface area contributed by atoms with Gasteiger partial charge in [-0.3, -0.25) is 0 Å². The minimum Gasteiger partial charge on any atom is -0.395 e. The monoisotopic (exact) mass is 254 g/mol. The number of nitrogens with two attached hydrogens (primary N) is 1. The molecule has 2 fully saturated rings. The third-order valence-electron chi connectivity index (χ3n) is 3.86. The molecule has 0 amide bonds. The van der Waals surface area contributed by atoms with Crippen molar-refractivity contribution in [3.63, 3.8) is 0 Å². The highest BCUT2D eigenvalue weighted by Gasteiger charge is 2.37. The van der Waals surface area contributed by atoms with E-state index in [2.05, 4.69) is 0 Å². The van der Waals surface area contributed by atoms with Gasteiger partial charge in [-0.15, -0.1) is 0 Å². The smallest absolute Gasteiger partial charge is 0.151 e. The Kier molecular flexibility index (Phi) is 2.86. The molecule has 0 radical (unpaired) electrons. The molecule has 1 saturated heterocycles. The predicted molar refractivity (Wildman–Crippen MR) is 65.5 cm³/mol. The molecule has 2 aliphatic rings. The van der Waals surface area contributed by atoms with E-state index in [0.717, 1.165) is 25.3 Å². The lowest BCUT2D eigenvalue weighted by Gasteiger charge is -2.39. The lowest BCUT2D eigenvalue weighted by atomic mass is 10.1. The Bertz CT molecular complexity index is 467. The molecule has 0 aromatic heterocycles. The molecule has 3 nitrogen and oxygen atoms in total. The zero-order valence-electron chi connectivity index (χ0n) is 10.0. The number of ether oxygens (including phenoxy) is 1. The lowest BCUT2D eigenvalue weighted by Crippen LogP contribution is -2.49. The van der Waals surface area contributed by atoms with Gasteiger partial charge in [0.2, 0.25) is 0 Å². The Labute approximate surface area is 105 Å². The van der Waals surface area contributed by atoms with Crippen molar-refractivity contribution in [3.8, 4) is 0 Å². The number of benzene rings is 1. The van der Waals surface area contributed by atoms with Crippen LogP contribution in [0.4, 0.5) is 20.2 Å². The summed E-state index contributed by atoms with van der Waals surface area (Å²) in [6.45, 7) is 1.22. The summed E-state index contributed by atoms with van der Waals surface area (Å²) in [6, 6.07) is 2.34. The molecule has 1 aromatic rings. The summed E-state index contributed by atoms with van der Waals surface area (Å²) in [7, 11) is 0. The van der Waals surface area contributed by atoms with Crippen LogP contribution in [0.1, 0.15) is 19.3 Å². The van der Waals surface area contributed by atoms with Crippen molar-refractivity contribution in [2.24, 2.45) is 0 Å². The van der Waals surface area contributed by atoms with Gasteiger partial charge in [0.25, 0.3) is 0 Å². The maximum atomic E-state index is 13.5. The van der Waals surface area contributed by atoms with Gasteiger partial charge in [-0.25, -0.2) is 8.78 Å². The van der Waals surface area contributed by atoms with Crippen LogP contribution in [0.15, 0.2) is 12.1 Å². The molecule has 3 rings (SSSR count). The van der Waals surface area contributed by atoms with Crippen molar-refractivity contribution in [3.05, 3.63) is 23.8 Å². The quantitative estimate of drug-likeness (QED) is 0.781. The van der Waals surface area contributed by atoms with Gasteiger partial charge < -0.3 is 15.4 Å². The van der Waals surface area contributed by atoms with Crippen molar-refractivity contribution in [2.75, 3.05) is 23.8 Å². The standard InChI is InChI=1S/C13H16F2N2O/c14-8-6-9(15)13(16)11(7-8)17-4-5-18-12-3-1-2-10(12)17/h6-7,10,12H,1-5,16H2. The minimum absolute atomic E-state index is 0.0314. The second kappa shape index (κ2) is 4.39. The fourth-order valence-electron chi connectivity index (χ4n) is 3.03. The van der Waals surface area contributed by atoms with Crippen LogP contribution >= 0.6 is 0 Å². The summed E-state index contributed by atoms with van der Waals surface area (Å²) in [6.07, 6.45) is 3.26. The molecule has 1 aliphatic carbocycles. The van der Waals surface area contributed by atoms with Gasteiger partial charge in [0.05, 0.1) is 30.1 Å². The molecular formula is C13H16F2N2O. The van der Waals surface area contributed by atoms with E-state index >= 15 is 0 Å². The Hall–Kier alpha value is -1.36. The third kappa shape index (κ3) is 1.82. The average Bonchev–Trinajstić information content (AvgIpc) is 2.81. The molecule has 2 atom stereocenters. The van der Waals surface area contributed by atoms with Crippen LogP contribution in [-0.4, -0.2) is 25.3 Å². The molecule has 1 aromatic carbocycles. The number of anilines is 2. The number of nitrogens with zero attached hydrogens (tertiary/aromatic N) is 1. The minimum atomic E-state index is -0.689. The van der Waals surface area contributed by atoms with Gasteiger partial charge in [0, 0.05) is 12.6 Å². The number of rotatable bonds is 1. The van der Waals surface area contributed by atoms with Crippen molar-refractivity contribution in [2.45, 2.75) is 31.4 Å². The zero-order chi connectivity index (χ0) is 12.7. The highest BCUT2D eigenvalue weighted by molar-refractivity contribution is 5.69. The average molecular weight is 254 g/mol. The zero-order valence-corrected chi connectivity index (χ0v) is 10.0. The molecule has 18 heavy (non-hydrogen) atoms. The van der Waals surface area contributed by atoms with Gasteiger partial charge >= 0.3 is 0 Å². The Morgan fingerprint density at radius 2 is 2.11 bits per heavy atom. The van der Waals surface area contributed by atoms with E-state index in [0.29, 0.717) is 18.8 Å². The van der Waals surface area contributed by atoms with E-state index in [1.54, 1.807) is 0 Å². The second-order valence-corrected chi connectivity index (χ2v) is 4.92. The summed E-state index contributed by atoms with van der Waals surface area (Å²) in [4.78, 5) is 2.00. The van der Waals surface area contributed by atoms with Crippen molar-refractivity contribution >= 4 is 11.4 Å². The fraction of sp³-hybridized carbons (Fsp3) is 0.538. The predicted octanol–water partition coefficient (Wildman–Crippen LogP) is 2.30. The number of nitrogen functional groups attached to an aromatic ring is 1. The van der Waals surface area contributed by atoms with E-state index in [4.69, 9.17) is 10.5 Å². The molecule has 0 spiro atoms. The number of hydrogen-bond donors (Lipinski definition) is 1. The first kappa shape index (κ1) is 11.7. The first-order valence-electron chi connectivity index (χ1n) is 6.29. The van der Waals surface area contributed by atoms with Gasteiger partial charge in [-0.2, -0.15) is 0 Å². The van der Waals surface area contributed by atoms with Crippen LogP contribution in [-0.2, 0) is 4.74 Å². The van der Waals surface area contributed by atoms with Gasteiger partial charge in [0.15, 0.2) is 5.82 Å². The van der Waals surface area contributed by atoms with Gasteiger partial charge in [0.1, 0.15) is 5.82 Å². The molecular weight excluding hydrogens is 238 g/mol. The fourth-order valence-corrected chi connectivity index (χ4v) is 3.03. The van der Waals surface area contributed by atoms with E-state index < -0.39 is 11.6 Å². The number of halogens is 2. The topological polar surface area (TPSA) is 38.5 Å². The maximum absolute atomic E-state index is 13.5. The summed E-state index contributed by atoms with van der Waals surface area (Å²) in [5.74, 6) is -1.27. The van der Waals surface area contributed by atoms with Crippen LogP contribution in [0.2, 0.25) is 0 Å². The van der Waals surface area contributed by atoms with E-state index in [9.17, 15) is 8.78 Å². The number of hydrogen-bond acceptors (Lipinski definition) is 3. The normalized spacial score (nSPS) is 27.3. The molecule has 2 N–H and O–H groups in total. The summed E-state index contributed by atoms with van der Waals surface area (Å²) < 4.78 is 32.6. The van der Waals surface area contributed by atoms with E-state index in [1.165, 1.54) is 6.07 Å². The van der Waals surface area contributed by atoms with Crippen molar-refractivity contribution in [1.82, 2.24) is 0 Å². The van der Waals surface area contributed by atoms with E-state index in [1.807, 2.05) is 4.90 Å². The molecule has 1 heterocycles. The first-order valence-corrected chi connectivity index (χ1v) is 6.29. The lowest BCUT2D eigenvalue weighted by molar-refractivity contribution is 0.0256. The van der Waals surface area contributed by atoms with Crippen LogP contribution in [0.5, 0.6) is 0 Å². The Morgan fingerprint density at radius 1 is 1.28 bits per heavy atom. The molecule has 1 saturated carbocycles. The van der Waals surface area contributed by atoms with Crippen LogP contribution in [0, 0.1) is 11.6 Å². The summed E-state index contributed by atoms with van der Waals surface area (Å²) in [5, 5.41) is 0. The molecule has 0 bridgehead atoms. The van der Waals surface area contributed by atoms with E-state index in [-0.39, 0.29) is 17.8 Å². The molecule has 5 heteroatoms. The van der Waals surface area contributed by atoms with Gasteiger partial charge in [-0.05, 0) is 25.3 Å². The molecule has 1 aliphatic heterocycles. The van der Waals surface area contributed by atoms with Gasteiger partial charge in [-0.1, -0.05) is 0 Å². The van der Waals surface area contributed by atoms with Crippen LogP contribution in [0.25, 0.3) is 0 Å². The highest BCUT2D eigenvalue weighted by atomic mass is 19.1. The highest BCUT2D eigenvalue weighted by Crippen LogP contribution is 2.36. The van der Waals surface area contributed by atoms with Crippen LogP contribution < -0.4 is 10.6 Å². The molecule has 2 unspecified atom stereocenters. The molecule has 98 valence electrons. The Balaban J connectivity index is 1.98. The number of morpholine rings is 1. The number of fused-ring (bicyclic) bond motifs is 1.